The van der Waals surface area contributed by atoms with Crippen molar-refractivity contribution in [2.75, 3.05) is 17.7 Å². The minimum absolute atomic E-state index is 0.193. The number of hydrogen-bond acceptors (Lipinski definition) is 5. The standard InChI is InChI=1S/C24H23N3O3S/c1-15-16(2)31-24(27-23(28)19-7-6-14-30-19)21(15)22(26-20-8-4-5-13-25-20)17-9-11-18(29-3)12-10-17/h4-14,22H,1-3H3,(H,25,26)(H,27,28)/p+1/t22-/m1/s1. The maximum atomic E-state index is 12.7. The minimum Gasteiger partial charge on any atom is -0.497 e. The van der Waals surface area contributed by atoms with Gasteiger partial charge in [-0.15, -0.1) is 11.3 Å². The Balaban J connectivity index is 1.77. The van der Waals surface area contributed by atoms with Crippen LogP contribution in [0, 0.1) is 13.8 Å². The van der Waals surface area contributed by atoms with Crippen molar-refractivity contribution in [2.45, 2.75) is 19.9 Å². The van der Waals surface area contributed by atoms with E-state index in [4.69, 9.17) is 9.15 Å². The second kappa shape index (κ2) is 9.06. The van der Waals surface area contributed by atoms with Gasteiger partial charge in [0.25, 0.3) is 11.7 Å². The van der Waals surface area contributed by atoms with E-state index in [0.717, 1.165) is 38.1 Å². The molecule has 0 aliphatic heterocycles. The largest absolute Gasteiger partial charge is 0.497 e. The number of methoxy groups -OCH3 is 1. The van der Waals surface area contributed by atoms with Crippen molar-refractivity contribution in [3.63, 3.8) is 0 Å². The van der Waals surface area contributed by atoms with Gasteiger partial charge in [0.05, 0.1) is 19.6 Å². The van der Waals surface area contributed by atoms with Gasteiger partial charge >= 0.3 is 0 Å². The van der Waals surface area contributed by atoms with Gasteiger partial charge < -0.3 is 14.5 Å². The molecule has 0 aliphatic carbocycles. The van der Waals surface area contributed by atoms with Gasteiger partial charge in [-0.3, -0.25) is 10.1 Å². The highest BCUT2D eigenvalue weighted by atomic mass is 32.1. The number of amides is 1. The van der Waals surface area contributed by atoms with Crippen LogP contribution in [0.1, 0.15) is 38.2 Å². The van der Waals surface area contributed by atoms with Gasteiger partial charge in [-0.05, 0) is 49.7 Å². The quantitative estimate of drug-likeness (QED) is 0.417. The molecule has 7 heteroatoms. The molecule has 0 radical (unpaired) electrons. The molecule has 0 fully saturated rings. The number of furan rings is 1. The molecule has 4 rings (SSSR count). The van der Waals surface area contributed by atoms with Crippen molar-refractivity contribution in [3.8, 4) is 5.75 Å². The number of H-pyrrole nitrogens is 1. The molecule has 0 unspecified atom stereocenters. The topological polar surface area (TPSA) is 77.6 Å². The average molecular weight is 435 g/mol. The van der Waals surface area contributed by atoms with Crippen LogP contribution in [0.3, 0.4) is 0 Å². The first-order chi connectivity index (χ1) is 15.1. The van der Waals surface area contributed by atoms with Crippen LogP contribution in [0.4, 0.5) is 10.8 Å². The minimum atomic E-state index is -0.271. The maximum absolute atomic E-state index is 12.7. The molecule has 6 nitrogen and oxygen atoms in total. The van der Waals surface area contributed by atoms with E-state index in [9.17, 15) is 4.79 Å². The van der Waals surface area contributed by atoms with Crippen LogP contribution < -0.4 is 20.4 Å². The van der Waals surface area contributed by atoms with Crippen molar-refractivity contribution < 1.29 is 18.9 Å². The van der Waals surface area contributed by atoms with Crippen molar-refractivity contribution in [1.82, 2.24) is 0 Å². The number of carbonyl (C=O) groups excluding carboxylic acids is 1. The summed E-state index contributed by atoms with van der Waals surface area (Å²) >= 11 is 1.56. The van der Waals surface area contributed by atoms with Gasteiger partial charge in [0.15, 0.2) is 5.76 Å². The predicted octanol–water partition coefficient (Wildman–Crippen LogP) is 5.23. The van der Waals surface area contributed by atoms with Crippen molar-refractivity contribution in [3.05, 3.63) is 94.4 Å². The first kappa shape index (κ1) is 20.7. The zero-order chi connectivity index (χ0) is 21.8. The number of aryl methyl sites for hydroxylation is 1. The van der Waals surface area contributed by atoms with Crippen LogP contribution in [-0.4, -0.2) is 13.0 Å². The number of benzene rings is 1. The lowest BCUT2D eigenvalue weighted by Crippen LogP contribution is -2.21. The highest BCUT2D eigenvalue weighted by molar-refractivity contribution is 7.16. The predicted molar refractivity (Wildman–Crippen MR) is 122 cm³/mol. The summed E-state index contributed by atoms with van der Waals surface area (Å²) < 4.78 is 10.6. The molecule has 31 heavy (non-hydrogen) atoms. The average Bonchev–Trinajstić information content (AvgIpc) is 3.42. The van der Waals surface area contributed by atoms with Crippen LogP contribution in [0.5, 0.6) is 5.75 Å². The number of pyridine rings is 1. The molecular weight excluding hydrogens is 410 g/mol. The lowest BCUT2D eigenvalue weighted by Gasteiger charge is -2.18. The summed E-state index contributed by atoms with van der Waals surface area (Å²) in [6.45, 7) is 4.14. The lowest BCUT2D eigenvalue weighted by molar-refractivity contribution is -0.361. The van der Waals surface area contributed by atoms with E-state index in [1.54, 1.807) is 30.6 Å². The fourth-order valence-electron chi connectivity index (χ4n) is 3.41. The molecule has 0 saturated heterocycles. The number of anilines is 2. The molecule has 0 saturated carbocycles. The number of rotatable bonds is 7. The summed E-state index contributed by atoms with van der Waals surface area (Å²) in [5.74, 6) is 1.67. The third kappa shape index (κ3) is 4.46. The summed E-state index contributed by atoms with van der Waals surface area (Å²) in [6.07, 6.45) is 3.37. The monoisotopic (exact) mass is 434 g/mol. The molecule has 1 amide bonds. The second-order valence-corrected chi connectivity index (χ2v) is 8.31. The third-order valence-electron chi connectivity index (χ3n) is 5.15. The highest BCUT2D eigenvalue weighted by Crippen LogP contribution is 2.41. The summed E-state index contributed by atoms with van der Waals surface area (Å²) in [4.78, 5) is 17.1. The summed E-state index contributed by atoms with van der Waals surface area (Å²) in [7, 11) is 1.65. The SMILES string of the molecule is COc1ccc([C@@H](Nc2cccc[nH+]2)c2c(NC(=O)c3ccco3)sc(C)c2C)cc1. The molecule has 4 aromatic rings. The number of nitrogens with one attached hydrogen (secondary N) is 3. The van der Waals surface area contributed by atoms with Gasteiger partial charge in [-0.25, -0.2) is 4.98 Å². The Morgan fingerprint density at radius 3 is 2.55 bits per heavy atom. The van der Waals surface area contributed by atoms with Gasteiger partial charge in [0.2, 0.25) is 0 Å². The molecular formula is C24H24N3O3S+. The second-order valence-electron chi connectivity index (χ2n) is 7.08. The zero-order valence-electron chi connectivity index (χ0n) is 17.6. The Morgan fingerprint density at radius 1 is 1.10 bits per heavy atom. The van der Waals surface area contributed by atoms with Crippen molar-refractivity contribution >= 4 is 28.1 Å². The van der Waals surface area contributed by atoms with Crippen LogP contribution in [0.15, 0.2) is 71.5 Å². The van der Waals surface area contributed by atoms with E-state index >= 15 is 0 Å². The Kier molecular flexibility index (Phi) is 6.04. The number of thiophene rings is 1. The van der Waals surface area contributed by atoms with Crippen molar-refractivity contribution in [1.29, 1.82) is 0 Å². The van der Waals surface area contributed by atoms with E-state index in [1.165, 1.54) is 6.26 Å². The van der Waals surface area contributed by atoms with Crippen LogP contribution in [0.2, 0.25) is 0 Å². The van der Waals surface area contributed by atoms with Crippen LogP contribution in [0.25, 0.3) is 0 Å². The number of carbonyl (C=O) groups is 1. The molecule has 0 aliphatic rings. The molecule has 3 N–H and O–H groups in total. The highest BCUT2D eigenvalue weighted by Gasteiger charge is 2.28. The van der Waals surface area contributed by atoms with E-state index < -0.39 is 0 Å². The Morgan fingerprint density at radius 2 is 1.90 bits per heavy atom. The first-order valence-corrected chi connectivity index (χ1v) is 10.7. The number of hydrogen-bond donors (Lipinski definition) is 2. The first-order valence-electron chi connectivity index (χ1n) is 9.88. The van der Waals surface area contributed by atoms with E-state index in [-0.39, 0.29) is 17.7 Å². The molecule has 1 aromatic carbocycles. The summed E-state index contributed by atoms with van der Waals surface area (Å²) in [5, 5.41) is 7.42. The summed E-state index contributed by atoms with van der Waals surface area (Å²) in [5.41, 5.74) is 3.20. The molecule has 1 atom stereocenters. The third-order valence-corrected chi connectivity index (χ3v) is 6.29. The zero-order valence-corrected chi connectivity index (χ0v) is 18.4. The van der Waals surface area contributed by atoms with E-state index in [0.29, 0.717) is 0 Å². The molecule has 158 valence electrons. The number of aromatic amines is 1. The molecule has 0 bridgehead atoms. The normalized spacial score (nSPS) is 11.7. The van der Waals surface area contributed by atoms with Crippen LogP contribution in [-0.2, 0) is 0 Å². The smallest absolute Gasteiger partial charge is 0.291 e. The number of aromatic nitrogens is 1. The molecule has 3 aromatic heterocycles. The maximum Gasteiger partial charge on any atom is 0.291 e. The van der Waals surface area contributed by atoms with E-state index in [2.05, 4.69) is 29.5 Å². The number of ether oxygens (including phenoxy) is 1. The van der Waals surface area contributed by atoms with E-state index in [1.807, 2.05) is 48.7 Å². The summed E-state index contributed by atoms with van der Waals surface area (Å²) in [6, 6.07) is 17.0. The Hall–Kier alpha value is -3.58. The van der Waals surface area contributed by atoms with Gasteiger partial charge in [-0.2, -0.15) is 0 Å². The Bertz CT molecular complexity index is 1150. The van der Waals surface area contributed by atoms with Crippen molar-refractivity contribution in [2.24, 2.45) is 0 Å². The van der Waals surface area contributed by atoms with Crippen LogP contribution >= 0.6 is 11.3 Å². The molecule has 0 spiro atoms. The van der Waals surface area contributed by atoms with Gasteiger partial charge in [0, 0.05) is 22.1 Å². The fraction of sp³-hybridized carbons (Fsp3) is 0.167. The Labute approximate surface area is 184 Å². The van der Waals surface area contributed by atoms with Gasteiger partial charge in [0.1, 0.15) is 16.8 Å². The fourth-order valence-corrected chi connectivity index (χ4v) is 4.51. The lowest BCUT2D eigenvalue weighted by atomic mass is 9.96. The molecule has 3 heterocycles. The van der Waals surface area contributed by atoms with Gasteiger partial charge in [-0.1, -0.05) is 18.2 Å².